The summed E-state index contributed by atoms with van der Waals surface area (Å²) in [5.74, 6) is 2.64. The van der Waals surface area contributed by atoms with E-state index in [4.69, 9.17) is 9.47 Å². The van der Waals surface area contributed by atoms with Gasteiger partial charge >= 0.3 is 5.97 Å². The molecule has 1 N–H and O–H groups in total. The first-order chi connectivity index (χ1) is 13.4. The second-order valence-corrected chi connectivity index (χ2v) is 9.17. The zero-order valence-corrected chi connectivity index (χ0v) is 16.9. The Bertz CT molecular complexity index is 691. The van der Waals surface area contributed by atoms with Gasteiger partial charge in [0.05, 0.1) is 7.11 Å². The topological polar surface area (TPSA) is 64.6 Å². The van der Waals surface area contributed by atoms with Crippen LogP contribution in [-0.4, -0.2) is 30.6 Å². The molecule has 0 unspecified atom stereocenters. The summed E-state index contributed by atoms with van der Waals surface area (Å²) in [5, 5.41) is 3.29. The van der Waals surface area contributed by atoms with Gasteiger partial charge in [-0.15, -0.1) is 0 Å². The summed E-state index contributed by atoms with van der Waals surface area (Å²) in [7, 11) is 1.63. The average Bonchev–Trinajstić information content (AvgIpc) is 2.65. The number of ether oxygens (including phenoxy) is 2. The summed E-state index contributed by atoms with van der Waals surface area (Å²) >= 11 is 0. The second-order valence-electron chi connectivity index (χ2n) is 9.17. The number of benzene rings is 1. The van der Waals surface area contributed by atoms with Crippen LogP contribution in [0.4, 0.5) is 0 Å². The molecule has 4 saturated carbocycles. The van der Waals surface area contributed by atoms with Gasteiger partial charge in [0.1, 0.15) is 5.75 Å². The van der Waals surface area contributed by atoms with Crippen molar-refractivity contribution < 1.29 is 19.1 Å². The number of carbonyl (C=O) groups excluding carboxylic acids is 2. The smallest absolute Gasteiger partial charge is 0.306 e. The SMILES string of the molecule is COc1ccc(CCC(=O)O[C@@H](C)C(=O)NC23CC4CC(CC(C4)C2)C3)cc1. The Kier molecular flexibility index (Phi) is 5.35. The first-order valence-electron chi connectivity index (χ1n) is 10.6. The molecule has 4 bridgehead atoms. The largest absolute Gasteiger partial charge is 0.497 e. The monoisotopic (exact) mass is 385 g/mol. The van der Waals surface area contributed by atoms with Gasteiger partial charge in [-0.25, -0.2) is 0 Å². The molecule has 0 spiro atoms. The standard InChI is InChI=1S/C23H31NO4/c1-15(28-21(25)8-5-16-3-6-20(27-2)7-4-16)22(26)24-23-12-17-9-18(13-23)11-19(10-17)14-23/h3-4,6-7,15,17-19H,5,8-14H2,1-2H3,(H,24,26)/t15-,17?,18?,19?,23?/m0/s1. The predicted octanol–water partition coefficient (Wildman–Crippen LogP) is 3.64. The van der Waals surface area contributed by atoms with E-state index < -0.39 is 6.10 Å². The minimum absolute atomic E-state index is 0.0460. The van der Waals surface area contributed by atoms with Crippen molar-refractivity contribution in [3.63, 3.8) is 0 Å². The van der Waals surface area contributed by atoms with Crippen LogP contribution < -0.4 is 10.1 Å². The zero-order chi connectivity index (χ0) is 19.7. The molecule has 1 aromatic carbocycles. The molecular formula is C23H31NO4. The number of hydrogen-bond acceptors (Lipinski definition) is 4. The van der Waals surface area contributed by atoms with Gasteiger partial charge in [-0.2, -0.15) is 0 Å². The van der Waals surface area contributed by atoms with Gasteiger partial charge in [-0.3, -0.25) is 9.59 Å². The van der Waals surface area contributed by atoms with Crippen molar-refractivity contribution in [2.24, 2.45) is 17.8 Å². The van der Waals surface area contributed by atoms with E-state index in [1.165, 1.54) is 19.3 Å². The summed E-state index contributed by atoms with van der Waals surface area (Å²) in [5.41, 5.74) is 0.999. The van der Waals surface area contributed by atoms with E-state index >= 15 is 0 Å². The Labute approximate surface area is 167 Å². The summed E-state index contributed by atoms with van der Waals surface area (Å²) in [6.45, 7) is 1.68. The molecule has 4 aliphatic carbocycles. The third kappa shape index (κ3) is 4.18. The number of methoxy groups -OCH3 is 1. The number of rotatable bonds is 7. The molecule has 0 heterocycles. The number of esters is 1. The minimum Gasteiger partial charge on any atom is -0.497 e. The Balaban J connectivity index is 1.25. The van der Waals surface area contributed by atoms with E-state index in [1.807, 2.05) is 24.3 Å². The van der Waals surface area contributed by atoms with E-state index in [9.17, 15) is 9.59 Å². The first kappa shape index (κ1) is 19.3. The maximum Gasteiger partial charge on any atom is 0.306 e. The zero-order valence-electron chi connectivity index (χ0n) is 16.9. The van der Waals surface area contributed by atoms with E-state index in [0.717, 1.165) is 48.3 Å². The van der Waals surface area contributed by atoms with Crippen LogP contribution in [0.5, 0.6) is 5.75 Å². The number of nitrogens with one attached hydrogen (secondary N) is 1. The Morgan fingerprint density at radius 1 is 1.07 bits per heavy atom. The van der Waals surface area contributed by atoms with Gasteiger partial charge in [-0.1, -0.05) is 12.1 Å². The molecule has 4 fully saturated rings. The molecule has 0 aliphatic heterocycles. The molecule has 5 heteroatoms. The third-order valence-corrected chi connectivity index (χ3v) is 6.88. The summed E-state index contributed by atoms with van der Waals surface area (Å²) in [6.07, 6.45) is 7.43. The molecular weight excluding hydrogens is 354 g/mol. The molecule has 28 heavy (non-hydrogen) atoms. The molecule has 1 amide bonds. The number of carbonyl (C=O) groups is 2. The Morgan fingerprint density at radius 2 is 1.64 bits per heavy atom. The van der Waals surface area contributed by atoms with E-state index in [1.54, 1.807) is 14.0 Å². The van der Waals surface area contributed by atoms with Crippen molar-refractivity contribution in [1.82, 2.24) is 5.32 Å². The van der Waals surface area contributed by atoms with Gasteiger partial charge in [0.25, 0.3) is 5.91 Å². The fourth-order valence-corrected chi connectivity index (χ4v) is 5.97. The minimum atomic E-state index is -0.739. The highest BCUT2D eigenvalue weighted by atomic mass is 16.5. The molecule has 0 saturated heterocycles. The van der Waals surface area contributed by atoms with Crippen molar-refractivity contribution in [3.8, 4) is 5.75 Å². The fourth-order valence-electron chi connectivity index (χ4n) is 5.97. The van der Waals surface area contributed by atoms with Crippen LogP contribution in [0.15, 0.2) is 24.3 Å². The van der Waals surface area contributed by atoms with Crippen molar-refractivity contribution in [2.75, 3.05) is 7.11 Å². The Hall–Kier alpha value is -2.04. The molecule has 1 atom stereocenters. The van der Waals surface area contributed by atoms with Crippen molar-refractivity contribution in [2.45, 2.75) is 69.9 Å². The lowest BCUT2D eigenvalue weighted by molar-refractivity contribution is -0.156. The van der Waals surface area contributed by atoms with Crippen molar-refractivity contribution in [1.29, 1.82) is 0 Å². The van der Waals surface area contributed by atoms with Crippen LogP contribution in [0.25, 0.3) is 0 Å². The van der Waals surface area contributed by atoms with Gasteiger partial charge in [0.2, 0.25) is 0 Å². The maximum atomic E-state index is 12.7. The van der Waals surface area contributed by atoms with Crippen LogP contribution in [0, 0.1) is 17.8 Å². The highest BCUT2D eigenvalue weighted by Crippen LogP contribution is 2.55. The summed E-state index contributed by atoms with van der Waals surface area (Å²) in [6, 6.07) is 7.63. The van der Waals surface area contributed by atoms with Gasteiger partial charge in [0, 0.05) is 12.0 Å². The number of aryl methyl sites for hydroxylation is 1. The van der Waals surface area contributed by atoms with Crippen LogP contribution in [0.2, 0.25) is 0 Å². The van der Waals surface area contributed by atoms with Crippen LogP contribution in [0.3, 0.4) is 0 Å². The molecule has 1 aromatic rings. The van der Waals surface area contributed by atoms with Gasteiger partial charge in [-0.05, 0) is 87.3 Å². The van der Waals surface area contributed by atoms with Gasteiger partial charge < -0.3 is 14.8 Å². The quantitative estimate of drug-likeness (QED) is 0.728. The lowest BCUT2D eigenvalue weighted by Gasteiger charge is -2.57. The number of amides is 1. The molecule has 5 rings (SSSR count). The lowest BCUT2D eigenvalue weighted by atomic mass is 9.53. The summed E-state index contributed by atoms with van der Waals surface area (Å²) in [4.78, 5) is 24.9. The first-order valence-corrected chi connectivity index (χ1v) is 10.6. The molecule has 152 valence electrons. The van der Waals surface area contributed by atoms with Crippen molar-refractivity contribution >= 4 is 11.9 Å². The molecule has 0 aromatic heterocycles. The lowest BCUT2D eigenvalue weighted by Crippen LogP contribution is -2.61. The fraction of sp³-hybridized carbons (Fsp3) is 0.652. The number of hydrogen-bond donors (Lipinski definition) is 1. The highest BCUT2D eigenvalue weighted by molar-refractivity contribution is 5.84. The van der Waals surface area contributed by atoms with E-state index in [0.29, 0.717) is 6.42 Å². The van der Waals surface area contributed by atoms with E-state index in [-0.39, 0.29) is 23.8 Å². The third-order valence-electron chi connectivity index (χ3n) is 6.88. The van der Waals surface area contributed by atoms with Crippen LogP contribution in [0.1, 0.15) is 57.4 Å². The molecule has 5 nitrogen and oxygen atoms in total. The predicted molar refractivity (Wildman–Crippen MR) is 106 cm³/mol. The molecule has 4 aliphatic rings. The van der Waals surface area contributed by atoms with E-state index in [2.05, 4.69) is 5.32 Å². The normalized spacial score (nSPS) is 31.3. The Morgan fingerprint density at radius 3 is 2.18 bits per heavy atom. The van der Waals surface area contributed by atoms with Crippen molar-refractivity contribution in [3.05, 3.63) is 29.8 Å². The molecule has 0 radical (unpaired) electrons. The summed E-state index contributed by atoms with van der Waals surface area (Å²) < 4.78 is 10.6. The average molecular weight is 386 g/mol. The van der Waals surface area contributed by atoms with Crippen LogP contribution >= 0.6 is 0 Å². The second kappa shape index (κ2) is 7.76. The maximum absolute atomic E-state index is 12.7. The van der Waals surface area contributed by atoms with Gasteiger partial charge in [0.15, 0.2) is 6.10 Å². The van der Waals surface area contributed by atoms with Crippen LogP contribution in [-0.2, 0) is 20.7 Å². The highest BCUT2D eigenvalue weighted by Gasteiger charge is 2.51.